The summed E-state index contributed by atoms with van der Waals surface area (Å²) in [4.78, 5) is 31.8. The second-order valence-corrected chi connectivity index (χ2v) is 7.80. The summed E-state index contributed by atoms with van der Waals surface area (Å²) in [5.74, 6) is 0.0955. The van der Waals surface area contributed by atoms with Gasteiger partial charge in [-0.05, 0) is 38.0 Å². The number of hydrogen-bond acceptors (Lipinski definition) is 4. The van der Waals surface area contributed by atoms with E-state index in [-0.39, 0.29) is 16.7 Å². The van der Waals surface area contributed by atoms with Gasteiger partial charge in [0.05, 0.1) is 16.2 Å². The lowest BCUT2D eigenvalue weighted by Crippen LogP contribution is -2.34. The van der Waals surface area contributed by atoms with Crippen molar-refractivity contribution < 1.29 is 4.79 Å². The molecular formula is C18H20ClN3O2S. The first kappa shape index (κ1) is 18.0. The van der Waals surface area contributed by atoms with Crippen LogP contribution >= 0.6 is 23.4 Å². The van der Waals surface area contributed by atoms with Gasteiger partial charge in [-0.25, -0.2) is 4.98 Å². The van der Waals surface area contributed by atoms with Crippen molar-refractivity contribution in [3.05, 3.63) is 46.2 Å². The Balaban J connectivity index is 1.97. The summed E-state index contributed by atoms with van der Waals surface area (Å²) in [6, 6.07) is 5.06. The largest absolute Gasteiger partial charge is 0.342 e. The average molecular weight is 378 g/mol. The lowest BCUT2D eigenvalue weighted by atomic mass is 10.2. The van der Waals surface area contributed by atoms with E-state index in [0.717, 1.165) is 25.9 Å². The summed E-state index contributed by atoms with van der Waals surface area (Å²) in [7, 11) is 0. The maximum Gasteiger partial charge on any atom is 0.262 e. The van der Waals surface area contributed by atoms with Gasteiger partial charge in [0, 0.05) is 24.7 Å². The van der Waals surface area contributed by atoms with Gasteiger partial charge in [0.15, 0.2) is 5.16 Å². The van der Waals surface area contributed by atoms with Gasteiger partial charge in [-0.1, -0.05) is 29.4 Å². The first-order chi connectivity index (χ1) is 12.0. The van der Waals surface area contributed by atoms with Crippen molar-refractivity contribution in [2.75, 3.05) is 13.1 Å². The van der Waals surface area contributed by atoms with Crippen LogP contribution in [0.4, 0.5) is 0 Å². The molecule has 1 saturated heterocycles. The van der Waals surface area contributed by atoms with Gasteiger partial charge in [0.2, 0.25) is 5.91 Å². The normalized spacial score (nSPS) is 15.5. The lowest BCUT2D eigenvalue weighted by molar-refractivity contribution is -0.129. The highest BCUT2D eigenvalue weighted by Crippen LogP contribution is 2.25. The van der Waals surface area contributed by atoms with Gasteiger partial charge < -0.3 is 4.90 Å². The van der Waals surface area contributed by atoms with E-state index in [2.05, 4.69) is 11.6 Å². The fraction of sp³-hybridized carbons (Fsp3) is 0.389. The molecule has 0 spiro atoms. The number of aromatic nitrogens is 2. The van der Waals surface area contributed by atoms with Crippen molar-refractivity contribution >= 4 is 40.2 Å². The van der Waals surface area contributed by atoms with Gasteiger partial charge in [-0.3, -0.25) is 14.2 Å². The number of benzene rings is 1. The third kappa shape index (κ3) is 3.75. The van der Waals surface area contributed by atoms with Crippen LogP contribution in [0.1, 0.15) is 19.8 Å². The van der Waals surface area contributed by atoms with Crippen molar-refractivity contribution in [2.45, 2.75) is 36.7 Å². The average Bonchev–Trinajstić information content (AvgIpc) is 3.13. The minimum Gasteiger partial charge on any atom is -0.342 e. The van der Waals surface area contributed by atoms with E-state index in [1.807, 2.05) is 11.8 Å². The Labute approximate surface area is 155 Å². The molecule has 0 unspecified atom stereocenters. The molecule has 132 valence electrons. The molecule has 1 aromatic carbocycles. The third-order valence-electron chi connectivity index (χ3n) is 4.24. The molecule has 1 fully saturated rings. The SMILES string of the molecule is C=CCn1c(S[C@H](C)C(=O)N2CCCC2)nc2ccc(Cl)cc2c1=O. The Hall–Kier alpha value is -1.79. The van der Waals surface area contributed by atoms with E-state index in [9.17, 15) is 9.59 Å². The zero-order chi connectivity index (χ0) is 18.0. The Kier molecular flexibility index (Phi) is 5.49. The Morgan fingerprint density at radius 1 is 1.44 bits per heavy atom. The number of carbonyl (C=O) groups excluding carboxylic acids is 1. The number of carbonyl (C=O) groups is 1. The van der Waals surface area contributed by atoms with Crippen LogP contribution in [-0.4, -0.2) is 38.7 Å². The second kappa shape index (κ2) is 7.62. The van der Waals surface area contributed by atoms with E-state index in [0.29, 0.717) is 27.6 Å². The highest BCUT2D eigenvalue weighted by Gasteiger charge is 2.25. The molecule has 0 aliphatic carbocycles. The van der Waals surface area contributed by atoms with Crippen LogP contribution in [0.25, 0.3) is 10.9 Å². The van der Waals surface area contributed by atoms with Crippen LogP contribution < -0.4 is 5.56 Å². The Bertz CT molecular complexity index is 874. The predicted octanol–water partition coefficient (Wildman–Crippen LogP) is 3.34. The number of thioether (sulfide) groups is 1. The summed E-state index contributed by atoms with van der Waals surface area (Å²) in [5.41, 5.74) is 0.411. The van der Waals surface area contributed by atoms with Gasteiger partial charge in [0.25, 0.3) is 5.56 Å². The zero-order valence-electron chi connectivity index (χ0n) is 14.1. The van der Waals surface area contributed by atoms with Gasteiger partial charge in [-0.2, -0.15) is 0 Å². The summed E-state index contributed by atoms with van der Waals surface area (Å²) in [6.07, 6.45) is 3.76. The molecule has 7 heteroatoms. The summed E-state index contributed by atoms with van der Waals surface area (Å²) in [6.45, 7) is 7.54. The van der Waals surface area contributed by atoms with Crippen LogP contribution in [0, 0.1) is 0 Å². The van der Waals surface area contributed by atoms with Crippen LogP contribution in [0.2, 0.25) is 5.02 Å². The number of nitrogens with zero attached hydrogens (tertiary/aromatic N) is 3. The predicted molar refractivity (Wildman–Crippen MR) is 102 cm³/mol. The minimum atomic E-state index is -0.300. The van der Waals surface area contributed by atoms with Crippen molar-refractivity contribution in [1.82, 2.24) is 14.5 Å². The molecule has 2 heterocycles. The monoisotopic (exact) mass is 377 g/mol. The van der Waals surface area contributed by atoms with Gasteiger partial charge in [-0.15, -0.1) is 6.58 Å². The molecule has 1 aliphatic heterocycles. The molecule has 3 rings (SSSR count). The summed E-state index contributed by atoms with van der Waals surface area (Å²) in [5, 5.41) is 1.19. The molecule has 0 radical (unpaired) electrons. The van der Waals surface area contributed by atoms with E-state index in [4.69, 9.17) is 11.6 Å². The molecule has 2 aromatic rings. The highest BCUT2D eigenvalue weighted by molar-refractivity contribution is 8.00. The topological polar surface area (TPSA) is 55.2 Å². The van der Waals surface area contributed by atoms with Gasteiger partial charge in [0.1, 0.15) is 0 Å². The molecular weight excluding hydrogens is 358 g/mol. The van der Waals surface area contributed by atoms with E-state index in [1.54, 1.807) is 28.8 Å². The van der Waals surface area contributed by atoms with Crippen molar-refractivity contribution in [3.8, 4) is 0 Å². The highest BCUT2D eigenvalue weighted by atomic mass is 35.5. The molecule has 0 bridgehead atoms. The number of halogens is 1. The van der Waals surface area contributed by atoms with Gasteiger partial charge >= 0.3 is 0 Å². The molecule has 0 saturated carbocycles. The molecule has 0 N–H and O–H groups in total. The number of rotatable bonds is 5. The fourth-order valence-electron chi connectivity index (χ4n) is 2.96. The fourth-order valence-corrected chi connectivity index (χ4v) is 4.13. The molecule has 1 amide bonds. The molecule has 1 atom stereocenters. The quantitative estimate of drug-likeness (QED) is 0.455. The Morgan fingerprint density at radius 2 is 2.16 bits per heavy atom. The maximum atomic E-state index is 12.8. The van der Waals surface area contributed by atoms with Crippen LogP contribution in [-0.2, 0) is 11.3 Å². The third-order valence-corrected chi connectivity index (χ3v) is 5.55. The van der Waals surface area contributed by atoms with Crippen molar-refractivity contribution in [3.63, 3.8) is 0 Å². The number of fused-ring (bicyclic) bond motifs is 1. The molecule has 5 nitrogen and oxygen atoms in total. The number of allylic oxidation sites excluding steroid dienone is 1. The van der Waals surface area contributed by atoms with Crippen LogP contribution in [0.3, 0.4) is 0 Å². The summed E-state index contributed by atoms with van der Waals surface area (Å²) < 4.78 is 1.55. The van der Waals surface area contributed by atoms with E-state index >= 15 is 0 Å². The molecule has 1 aromatic heterocycles. The maximum absolute atomic E-state index is 12.8. The molecule has 1 aliphatic rings. The smallest absolute Gasteiger partial charge is 0.262 e. The van der Waals surface area contributed by atoms with Crippen LogP contribution in [0.5, 0.6) is 0 Å². The van der Waals surface area contributed by atoms with Crippen molar-refractivity contribution in [2.24, 2.45) is 0 Å². The number of likely N-dealkylation sites (tertiary alicyclic amines) is 1. The van der Waals surface area contributed by atoms with E-state index in [1.165, 1.54) is 11.8 Å². The van der Waals surface area contributed by atoms with Crippen molar-refractivity contribution in [1.29, 1.82) is 0 Å². The Morgan fingerprint density at radius 3 is 2.84 bits per heavy atom. The standard InChI is InChI=1S/C18H20ClN3O2S/c1-3-8-22-17(24)14-11-13(19)6-7-15(14)20-18(22)25-12(2)16(23)21-9-4-5-10-21/h3,6-7,11-12H,1,4-5,8-10H2,2H3/t12-/m1/s1. The zero-order valence-corrected chi connectivity index (χ0v) is 15.6. The van der Waals surface area contributed by atoms with E-state index < -0.39 is 0 Å². The second-order valence-electron chi connectivity index (χ2n) is 6.05. The minimum absolute atomic E-state index is 0.0955. The number of hydrogen-bond donors (Lipinski definition) is 0. The number of amides is 1. The molecule has 25 heavy (non-hydrogen) atoms. The van der Waals surface area contributed by atoms with Crippen LogP contribution in [0.15, 0.2) is 40.8 Å². The first-order valence-corrected chi connectivity index (χ1v) is 9.53. The lowest BCUT2D eigenvalue weighted by Gasteiger charge is -2.20. The summed E-state index contributed by atoms with van der Waals surface area (Å²) >= 11 is 7.33. The first-order valence-electron chi connectivity index (χ1n) is 8.27.